The Hall–Kier alpha value is -3.02. The maximum Gasteiger partial charge on any atom is 0.266 e. The molecule has 1 atom stereocenters. The summed E-state index contributed by atoms with van der Waals surface area (Å²) in [6.07, 6.45) is 5.10. The highest BCUT2D eigenvalue weighted by atomic mass is 19.1. The van der Waals surface area contributed by atoms with Crippen molar-refractivity contribution in [1.82, 2.24) is 14.5 Å². The molecule has 1 saturated carbocycles. The highest BCUT2D eigenvalue weighted by molar-refractivity contribution is 5.80. The second-order valence-electron chi connectivity index (χ2n) is 8.21. The summed E-state index contributed by atoms with van der Waals surface area (Å²) in [5.74, 6) is -0.0287. The Kier molecular flexibility index (Phi) is 6.16. The quantitative estimate of drug-likeness (QED) is 0.582. The fourth-order valence-electron chi connectivity index (χ4n) is 4.64. The minimum Gasteiger partial charge on any atom is -0.333 e. The number of carbonyl (C=O) groups is 1. The zero-order chi connectivity index (χ0) is 22.0. The zero-order valence-corrected chi connectivity index (χ0v) is 18.1. The minimum absolute atomic E-state index is 0.00485. The lowest BCUT2D eigenvalue weighted by Crippen LogP contribution is -2.41. The van der Waals surface area contributed by atoms with Crippen LogP contribution in [0.15, 0.2) is 53.3 Å². The van der Waals surface area contributed by atoms with Crippen LogP contribution >= 0.6 is 0 Å². The summed E-state index contributed by atoms with van der Waals surface area (Å²) in [7, 11) is 0. The second kappa shape index (κ2) is 9.00. The molecule has 1 aliphatic rings. The number of aromatic nitrogens is 2. The molecule has 1 amide bonds. The highest BCUT2D eigenvalue weighted by Crippen LogP contribution is 2.30. The van der Waals surface area contributed by atoms with E-state index in [0.717, 1.165) is 25.7 Å². The number of halogens is 1. The van der Waals surface area contributed by atoms with E-state index in [4.69, 9.17) is 4.98 Å². The highest BCUT2D eigenvalue weighted by Gasteiger charge is 2.31. The van der Waals surface area contributed by atoms with Crippen molar-refractivity contribution in [2.45, 2.75) is 52.0 Å². The predicted molar refractivity (Wildman–Crippen MR) is 120 cm³/mol. The van der Waals surface area contributed by atoms with E-state index < -0.39 is 11.9 Å². The van der Waals surface area contributed by atoms with E-state index in [0.29, 0.717) is 23.3 Å². The number of rotatable bonds is 5. The molecule has 1 fully saturated rings. The molecular weight excluding hydrogens is 393 g/mol. The standard InChI is InChI=1S/C25H28FN3O2/c1-3-28(24(30)18-11-5-4-6-12-18)17(2)23-27-21-15-9-7-13-19(21)25(31)29(23)22-16-10-8-14-20(22)26/h7-10,13-18H,3-6,11-12H2,1-2H3. The van der Waals surface area contributed by atoms with Crippen molar-refractivity contribution in [3.8, 4) is 5.69 Å². The number of benzene rings is 2. The summed E-state index contributed by atoms with van der Waals surface area (Å²) < 4.78 is 16.1. The SMILES string of the molecule is CCN(C(=O)C1CCCCC1)C(C)c1nc2ccccc2c(=O)n1-c1ccccc1F. The first-order valence-corrected chi connectivity index (χ1v) is 11.1. The van der Waals surface area contributed by atoms with Gasteiger partial charge in [-0.05, 0) is 51.0 Å². The first kappa shape index (κ1) is 21.2. The molecule has 0 spiro atoms. The third-order valence-electron chi connectivity index (χ3n) is 6.31. The monoisotopic (exact) mass is 421 g/mol. The summed E-state index contributed by atoms with van der Waals surface area (Å²) in [6, 6.07) is 12.8. The van der Waals surface area contributed by atoms with Crippen molar-refractivity contribution in [3.05, 3.63) is 70.5 Å². The van der Waals surface area contributed by atoms with Crippen LogP contribution in [0.3, 0.4) is 0 Å². The van der Waals surface area contributed by atoms with E-state index in [1.54, 1.807) is 41.3 Å². The van der Waals surface area contributed by atoms with E-state index in [1.807, 2.05) is 19.9 Å². The van der Waals surface area contributed by atoms with Gasteiger partial charge in [0.2, 0.25) is 5.91 Å². The lowest BCUT2D eigenvalue weighted by atomic mass is 9.88. The summed E-state index contributed by atoms with van der Waals surface area (Å²) in [6.45, 7) is 4.30. The summed E-state index contributed by atoms with van der Waals surface area (Å²) in [4.78, 5) is 33.3. The molecule has 162 valence electrons. The van der Waals surface area contributed by atoms with Crippen molar-refractivity contribution in [1.29, 1.82) is 0 Å². The Morgan fingerprint density at radius 2 is 1.81 bits per heavy atom. The molecule has 3 aromatic rings. The van der Waals surface area contributed by atoms with Crippen LogP contribution in [0.25, 0.3) is 16.6 Å². The molecule has 1 heterocycles. The molecule has 0 N–H and O–H groups in total. The van der Waals surface area contributed by atoms with Crippen LogP contribution in [0.4, 0.5) is 4.39 Å². The van der Waals surface area contributed by atoms with Crippen molar-refractivity contribution < 1.29 is 9.18 Å². The molecule has 1 aliphatic carbocycles. The van der Waals surface area contributed by atoms with Gasteiger partial charge in [0.15, 0.2) is 0 Å². The summed E-state index contributed by atoms with van der Waals surface area (Å²) in [5, 5.41) is 0.420. The van der Waals surface area contributed by atoms with Gasteiger partial charge in [-0.3, -0.25) is 14.2 Å². The number of fused-ring (bicyclic) bond motifs is 1. The fourth-order valence-corrected chi connectivity index (χ4v) is 4.64. The number of hydrogen-bond donors (Lipinski definition) is 0. The van der Waals surface area contributed by atoms with Gasteiger partial charge < -0.3 is 4.90 Å². The van der Waals surface area contributed by atoms with Crippen molar-refractivity contribution in [2.24, 2.45) is 5.92 Å². The molecule has 0 aliphatic heterocycles. The number of amides is 1. The minimum atomic E-state index is -0.503. The fraction of sp³-hybridized carbons (Fsp3) is 0.400. The van der Waals surface area contributed by atoms with Crippen LogP contribution in [0.2, 0.25) is 0 Å². The van der Waals surface area contributed by atoms with Gasteiger partial charge in [0, 0.05) is 12.5 Å². The normalized spacial score (nSPS) is 15.7. The van der Waals surface area contributed by atoms with Gasteiger partial charge in [-0.2, -0.15) is 0 Å². The maximum atomic E-state index is 14.8. The molecule has 1 unspecified atom stereocenters. The maximum absolute atomic E-state index is 14.8. The van der Waals surface area contributed by atoms with E-state index in [-0.39, 0.29) is 23.1 Å². The average Bonchev–Trinajstić information content (AvgIpc) is 2.80. The summed E-state index contributed by atoms with van der Waals surface area (Å²) >= 11 is 0. The molecule has 6 heteroatoms. The third-order valence-corrected chi connectivity index (χ3v) is 6.31. The Morgan fingerprint density at radius 3 is 2.52 bits per heavy atom. The van der Waals surface area contributed by atoms with Gasteiger partial charge in [0.25, 0.3) is 5.56 Å². The second-order valence-corrected chi connectivity index (χ2v) is 8.21. The van der Waals surface area contributed by atoms with Crippen molar-refractivity contribution >= 4 is 16.8 Å². The number of nitrogens with zero attached hydrogens (tertiary/aromatic N) is 3. The van der Waals surface area contributed by atoms with Crippen molar-refractivity contribution in [3.63, 3.8) is 0 Å². The van der Waals surface area contributed by atoms with Crippen LogP contribution in [0.1, 0.15) is 57.8 Å². The van der Waals surface area contributed by atoms with Crippen molar-refractivity contribution in [2.75, 3.05) is 6.54 Å². The molecule has 4 rings (SSSR count). The van der Waals surface area contributed by atoms with Crippen LogP contribution in [-0.4, -0.2) is 26.9 Å². The number of hydrogen-bond acceptors (Lipinski definition) is 3. The van der Waals surface area contributed by atoms with E-state index in [1.165, 1.54) is 17.1 Å². The van der Waals surface area contributed by atoms with Crippen LogP contribution in [0.5, 0.6) is 0 Å². The first-order chi connectivity index (χ1) is 15.0. The van der Waals surface area contributed by atoms with Gasteiger partial charge in [-0.15, -0.1) is 0 Å². The summed E-state index contributed by atoms with van der Waals surface area (Å²) in [5.41, 5.74) is 0.357. The van der Waals surface area contributed by atoms with Crippen LogP contribution in [-0.2, 0) is 4.79 Å². The smallest absolute Gasteiger partial charge is 0.266 e. The molecule has 0 saturated heterocycles. The van der Waals surface area contributed by atoms with Gasteiger partial charge in [0.1, 0.15) is 11.6 Å². The molecule has 0 radical (unpaired) electrons. The lowest BCUT2D eigenvalue weighted by molar-refractivity contribution is -0.138. The Morgan fingerprint density at radius 1 is 1.13 bits per heavy atom. The van der Waals surface area contributed by atoms with Gasteiger partial charge in [0.05, 0.1) is 22.6 Å². The molecule has 5 nitrogen and oxygen atoms in total. The molecule has 31 heavy (non-hydrogen) atoms. The Balaban J connectivity index is 1.87. The largest absolute Gasteiger partial charge is 0.333 e. The predicted octanol–water partition coefficient (Wildman–Crippen LogP) is 5.01. The van der Waals surface area contributed by atoms with E-state index in [9.17, 15) is 14.0 Å². The molecule has 1 aromatic heterocycles. The molecule has 0 bridgehead atoms. The van der Waals surface area contributed by atoms with Crippen LogP contribution < -0.4 is 5.56 Å². The topological polar surface area (TPSA) is 55.2 Å². The molecule has 2 aromatic carbocycles. The van der Waals surface area contributed by atoms with E-state index in [2.05, 4.69) is 0 Å². The zero-order valence-electron chi connectivity index (χ0n) is 18.1. The van der Waals surface area contributed by atoms with Gasteiger partial charge >= 0.3 is 0 Å². The van der Waals surface area contributed by atoms with Gasteiger partial charge in [-0.25, -0.2) is 9.37 Å². The molecular formula is C25H28FN3O2. The van der Waals surface area contributed by atoms with Gasteiger partial charge in [-0.1, -0.05) is 43.5 Å². The Labute approximate surface area is 181 Å². The number of para-hydroxylation sites is 2. The average molecular weight is 422 g/mol. The lowest BCUT2D eigenvalue weighted by Gasteiger charge is -2.33. The Bertz CT molecular complexity index is 1150. The first-order valence-electron chi connectivity index (χ1n) is 11.1. The third kappa shape index (κ3) is 3.99. The number of carbonyl (C=O) groups excluding carboxylic acids is 1. The van der Waals surface area contributed by atoms with Crippen LogP contribution in [0, 0.1) is 11.7 Å². The van der Waals surface area contributed by atoms with E-state index >= 15 is 0 Å².